The Kier molecular flexibility index (Phi) is 2.23. The van der Waals surface area contributed by atoms with E-state index in [-0.39, 0.29) is 0 Å². The van der Waals surface area contributed by atoms with Gasteiger partial charge in [0.25, 0.3) is 0 Å². The molecule has 0 aromatic heterocycles. The van der Waals surface area contributed by atoms with E-state index in [4.69, 9.17) is 0 Å². The minimum Gasteiger partial charge on any atom is -0.295 e. The summed E-state index contributed by atoms with van der Waals surface area (Å²) in [7, 11) is 0. The number of hydrogen-bond acceptors (Lipinski definition) is 1. The Morgan fingerprint density at radius 2 is 1.89 bits per heavy atom. The Morgan fingerprint density at radius 1 is 1.00 bits per heavy atom. The average molecular weight is 238 g/mol. The molecule has 1 nitrogen and oxygen atoms in total. The van der Waals surface area contributed by atoms with Gasteiger partial charge in [0.15, 0.2) is 5.78 Å². The largest absolute Gasteiger partial charge is 0.295 e. The van der Waals surface area contributed by atoms with Crippen LogP contribution in [0.25, 0.3) is 5.57 Å². The van der Waals surface area contributed by atoms with Gasteiger partial charge in [0.05, 0.1) is 0 Å². The third-order valence-corrected chi connectivity index (χ3v) is 5.20. The van der Waals surface area contributed by atoms with Crippen molar-refractivity contribution < 1.29 is 4.79 Å². The third kappa shape index (κ3) is 1.36. The van der Waals surface area contributed by atoms with E-state index in [9.17, 15) is 4.79 Å². The lowest BCUT2D eigenvalue weighted by atomic mass is 9.66. The third-order valence-electron chi connectivity index (χ3n) is 5.20. The molecule has 4 rings (SSSR count). The Morgan fingerprint density at radius 3 is 2.83 bits per heavy atom. The molecule has 0 radical (unpaired) electrons. The van der Waals surface area contributed by atoms with Crippen LogP contribution in [0.15, 0.2) is 30.3 Å². The van der Waals surface area contributed by atoms with E-state index in [0.29, 0.717) is 23.5 Å². The fourth-order valence-corrected chi connectivity index (χ4v) is 4.40. The van der Waals surface area contributed by atoms with Crippen molar-refractivity contribution in [3.05, 3.63) is 41.5 Å². The highest BCUT2D eigenvalue weighted by Crippen LogP contribution is 2.50. The summed E-state index contributed by atoms with van der Waals surface area (Å²) in [4.78, 5) is 12.3. The van der Waals surface area contributed by atoms with Gasteiger partial charge in [-0.3, -0.25) is 4.79 Å². The second-order valence-electron chi connectivity index (χ2n) is 6.01. The molecule has 0 spiro atoms. The Hall–Kier alpha value is -1.37. The summed E-state index contributed by atoms with van der Waals surface area (Å²) in [6.45, 7) is 0. The summed E-state index contributed by atoms with van der Waals surface area (Å²) in [5, 5.41) is 0. The minimum atomic E-state index is 0.351. The minimum absolute atomic E-state index is 0.351. The van der Waals surface area contributed by atoms with E-state index >= 15 is 0 Å². The Balaban J connectivity index is 1.85. The second-order valence-corrected chi connectivity index (χ2v) is 6.01. The van der Waals surface area contributed by atoms with Crippen LogP contribution in [0.3, 0.4) is 0 Å². The van der Waals surface area contributed by atoms with Gasteiger partial charge in [0, 0.05) is 5.92 Å². The molecule has 92 valence electrons. The highest BCUT2D eigenvalue weighted by atomic mass is 16.1. The number of aryl methyl sites for hydroxylation is 1. The van der Waals surface area contributed by atoms with Gasteiger partial charge >= 0.3 is 0 Å². The van der Waals surface area contributed by atoms with Crippen LogP contribution < -0.4 is 0 Å². The molecule has 1 heteroatoms. The molecule has 18 heavy (non-hydrogen) atoms. The van der Waals surface area contributed by atoms with Crippen LogP contribution in [-0.2, 0) is 11.2 Å². The number of hydrogen-bond donors (Lipinski definition) is 0. The fourth-order valence-electron chi connectivity index (χ4n) is 4.40. The van der Waals surface area contributed by atoms with Crippen molar-refractivity contribution in [1.82, 2.24) is 0 Å². The molecule has 0 unspecified atom stereocenters. The number of allylic oxidation sites excluding steroid dienone is 2. The molecule has 1 aromatic rings. The molecular formula is C17H18O. The fraction of sp³-hybridized carbons (Fsp3) is 0.471. The number of carbonyl (C=O) groups is 1. The first-order chi connectivity index (χ1) is 8.84. The van der Waals surface area contributed by atoms with E-state index in [0.717, 1.165) is 6.42 Å². The molecule has 0 saturated heterocycles. The van der Waals surface area contributed by atoms with Crippen LogP contribution in [0.4, 0.5) is 0 Å². The molecule has 0 N–H and O–H groups in total. The van der Waals surface area contributed by atoms with Crippen molar-refractivity contribution in [3.8, 4) is 0 Å². The summed E-state index contributed by atoms with van der Waals surface area (Å²) < 4.78 is 0. The summed E-state index contributed by atoms with van der Waals surface area (Å²) in [6, 6.07) is 8.64. The molecule has 0 bridgehead atoms. The van der Waals surface area contributed by atoms with Gasteiger partial charge in [0.2, 0.25) is 0 Å². The van der Waals surface area contributed by atoms with Gasteiger partial charge in [0.1, 0.15) is 0 Å². The molecule has 0 heterocycles. The van der Waals surface area contributed by atoms with E-state index < -0.39 is 0 Å². The monoisotopic (exact) mass is 238 g/mol. The smallest absolute Gasteiger partial charge is 0.159 e. The maximum absolute atomic E-state index is 12.3. The van der Waals surface area contributed by atoms with Crippen LogP contribution in [0.1, 0.15) is 36.8 Å². The normalized spacial score (nSPS) is 33.4. The van der Waals surface area contributed by atoms with Crippen molar-refractivity contribution in [3.63, 3.8) is 0 Å². The van der Waals surface area contributed by atoms with Gasteiger partial charge in [-0.15, -0.1) is 0 Å². The SMILES string of the molecule is O=C1C=C2c3ccccc3CC[C@H]2[C@@H]2CCC[C@@H]12. The maximum Gasteiger partial charge on any atom is 0.159 e. The number of benzene rings is 1. The summed E-state index contributed by atoms with van der Waals surface area (Å²) in [5.41, 5.74) is 4.14. The zero-order valence-corrected chi connectivity index (χ0v) is 10.6. The van der Waals surface area contributed by atoms with Gasteiger partial charge in [-0.25, -0.2) is 0 Å². The van der Waals surface area contributed by atoms with Crippen molar-refractivity contribution in [2.75, 3.05) is 0 Å². The van der Waals surface area contributed by atoms with Crippen LogP contribution in [0.2, 0.25) is 0 Å². The van der Waals surface area contributed by atoms with Gasteiger partial charge in [-0.2, -0.15) is 0 Å². The maximum atomic E-state index is 12.3. The molecular weight excluding hydrogens is 220 g/mol. The summed E-state index contributed by atoms with van der Waals surface area (Å²) in [6.07, 6.45) is 8.06. The molecule has 0 amide bonds. The highest BCUT2D eigenvalue weighted by Gasteiger charge is 2.43. The number of rotatable bonds is 0. The zero-order chi connectivity index (χ0) is 12.1. The van der Waals surface area contributed by atoms with Crippen molar-refractivity contribution in [2.24, 2.45) is 17.8 Å². The van der Waals surface area contributed by atoms with Gasteiger partial charge in [-0.1, -0.05) is 30.7 Å². The lowest BCUT2D eigenvalue weighted by Crippen LogP contribution is -2.32. The quantitative estimate of drug-likeness (QED) is 0.674. The lowest BCUT2D eigenvalue weighted by molar-refractivity contribution is -0.120. The van der Waals surface area contributed by atoms with Crippen LogP contribution in [-0.4, -0.2) is 5.78 Å². The Bertz CT molecular complexity index is 540. The van der Waals surface area contributed by atoms with E-state index in [2.05, 4.69) is 24.3 Å². The Labute approximate surface area is 108 Å². The lowest BCUT2D eigenvalue weighted by Gasteiger charge is -2.37. The molecule has 3 aliphatic carbocycles. The average Bonchev–Trinajstić information content (AvgIpc) is 2.89. The number of carbonyl (C=O) groups excluding carboxylic acids is 1. The van der Waals surface area contributed by atoms with Crippen LogP contribution in [0.5, 0.6) is 0 Å². The van der Waals surface area contributed by atoms with Crippen molar-refractivity contribution in [2.45, 2.75) is 32.1 Å². The summed E-state index contributed by atoms with van der Waals surface area (Å²) in [5.74, 6) is 2.06. The van der Waals surface area contributed by atoms with E-state index in [1.165, 1.54) is 42.4 Å². The first kappa shape index (κ1) is 10.5. The molecule has 1 saturated carbocycles. The molecule has 1 aromatic carbocycles. The standard InChI is InChI=1S/C17H18O/c18-17-10-16-12-5-2-1-4-11(12)8-9-14(16)13-6-3-7-15(13)17/h1-2,4-5,10,13-15H,3,6-9H2/t13-,14-,15+/m0/s1. The van der Waals surface area contributed by atoms with Crippen molar-refractivity contribution >= 4 is 11.4 Å². The predicted octanol–water partition coefficient (Wildman–Crippen LogP) is 3.63. The molecule has 3 atom stereocenters. The molecule has 1 fully saturated rings. The van der Waals surface area contributed by atoms with Gasteiger partial charge < -0.3 is 0 Å². The number of fused-ring (bicyclic) bond motifs is 5. The highest BCUT2D eigenvalue weighted by molar-refractivity contribution is 6.01. The first-order valence-electron chi connectivity index (χ1n) is 7.18. The van der Waals surface area contributed by atoms with E-state index in [1.807, 2.05) is 6.08 Å². The second kappa shape index (κ2) is 3.81. The van der Waals surface area contributed by atoms with Crippen molar-refractivity contribution in [1.29, 1.82) is 0 Å². The molecule has 3 aliphatic rings. The van der Waals surface area contributed by atoms with Gasteiger partial charge in [-0.05, 0) is 60.3 Å². The zero-order valence-electron chi connectivity index (χ0n) is 10.6. The number of ketones is 1. The molecule has 0 aliphatic heterocycles. The first-order valence-corrected chi connectivity index (χ1v) is 7.18. The predicted molar refractivity (Wildman–Crippen MR) is 72.1 cm³/mol. The van der Waals surface area contributed by atoms with Crippen LogP contribution >= 0.6 is 0 Å². The van der Waals surface area contributed by atoms with Crippen LogP contribution in [0, 0.1) is 17.8 Å². The summed E-state index contributed by atoms with van der Waals surface area (Å²) >= 11 is 0. The topological polar surface area (TPSA) is 17.1 Å². The van der Waals surface area contributed by atoms with E-state index in [1.54, 1.807) is 0 Å².